The molecule has 328 valence electrons. The lowest BCUT2D eigenvalue weighted by molar-refractivity contribution is -0.121. The van der Waals surface area contributed by atoms with E-state index < -0.39 is 0 Å². The monoisotopic (exact) mass is 936 g/mol. The van der Waals surface area contributed by atoms with Crippen molar-refractivity contribution in [2.24, 2.45) is 20.0 Å². The van der Waals surface area contributed by atoms with Gasteiger partial charge in [-0.05, 0) is 119 Å². The summed E-state index contributed by atoms with van der Waals surface area (Å²) in [4.78, 5) is 16.3. The molecule has 0 radical (unpaired) electrons. The van der Waals surface area contributed by atoms with Crippen LogP contribution in [0.3, 0.4) is 0 Å². The number of aryl methyl sites for hydroxylation is 2. The van der Waals surface area contributed by atoms with Gasteiger partial charge in [-0.25, -0.2) is 0 Å². The second-order valence-electron chi connectivity index (χ2n) is 16.5. The number of hydrogen-bond donors (Lipinski definition) is 3. The predicted octanol–water partition coefficient (Wildman–Crippen LogP) is 7.39. The zero-order valence-corrected chi connectivity index (χ0v) is 38.2. The van der Waals surface area contributed by atoms with Gasteiger partial charge in [-0.2, -0.15) is 36.5 Å². The van der Waals surface area contributed by atoms with Gasteiger partial charge in [0.05, 0.1) is 58.8 Å². The Hall–Kier alpha value is -8.10. The summed E-state index contributed by atoms with van der Waals surface area (Å²) in [5, 5.41) is 63.2. The summed E-state index contributed by atoms with van der Waals surface area (Å²) < 4.78 is 4.36. The number of halogens is 1. The Balaban J connectivity index is 0.000000127. The standard InChI is InChI=1S/C19H18N6O.C13H12N4.C9H7BrN2.C9H8N2/c1-23-10-16(9-22-23)17-6-13-3-5-25(18(13)7-15(17)8-20)19(26)14-2-4-24(11-14)12-21;1-17-8-11(7-16-17)12-4-9-2-3-15-13(9)5-10(12)6-14;10-8-3-6-1-2-12-9(6)4-7(8)5-11;10-6-7-1-2-8-3-4-11-9(8)5-7/h6-7,9-10,14H,2-5,11H2,1H3;4-5,7-8,15H,2-3H2,1H3;3-4,12H,1-2H2;1-2,5,11H,3-4H2/t14-;;;/m0.../s1. The minimum atomic E-state index is -0.149. The lowest BCUT2D eigenvalue weighted by atomic mass is 9.98. The van der Waals surface area contributed by atoms with Crippen molar-refractivity contribution in [1.29, 1.82) is 26.3 Å². The van der Waals surface area contributed by atoms with Crippen molar-refractivity contribution in [3.63, 3.8) is 0 Å². The van der Waals surface area contributed by atoms with Crippen molar-refractivity contribution in [2.45, 2.75) is 32.1 Å². The van der Waals surface area contributed by atoms with Crippen LogP contribution in [0.25, 0.3) is 22.3 Å². The lowest BCUT2D eigenvalue weighted by Crippen LogP contribution is -2.36. The van der Waals surface area contributed by atoms with Crippen LogP contribution in [0.1, 0.15) is 50.9 Å². The highest BCUT2D eigenvalue weighted by molar-refractivity contribution is 9.10. The van der Waals surface area contributed by atoms with Crippen LogP contribution in [0.15, 0.2) is 83.9 Å². The van der Waals surface area contributed by atoms with Crippen molar-refractivity contribution in [3.05, 3.63) is 128 Å². The van der Waals surface area contributed by atoms with Crippen molar-refractivity contribution in [3.8, 4) is 52.7 Å². The second kappa shape index (κ2) is 19.7. The number of carbonyl (C=O) groups is 1. The van der Waals surface area contributed by atoms with Gasteiger partial charge in [0.2, 0.25) is 5.91 Å². The van der Waals surface area contributed by atoms with Crippen LogP contribution in [-0.4, -0.2) is 69.6 Å². The second-order valence-corrected chi connectivity index (χ2v) is 17.4. The number of rotatable bonds is 3. The van der Waals surface area contributed by atoms with Crippen molar-refractivity contribution < 1.29 is 4.79 Å². The molecule has 7 heterocycles. The molecule has 5 aliphatic rings. The molecule has 15 nitrogen and oxygen atoms in total. The van der Waals surface area contributed by atoms with Gasteiger partial charge in [0.25, 0.3) is 0 Å². The van der Waals surface area contributed by atoms with Gasteiger partial charge in [-0.1, -0.05) is 6.07 Å². The third-order valence-electron chi connectivity index (χ3n) is 12.3. The number of fused-ring (bicyclic) bond motifs is 4. The molecule has 66 heavy (non-hydrogen) atoms. The first-order chi connectivity index (χ1) is 32.1. The number of nitriles is 5. The van der Waals surface area contributed by atoms with E-state index in [4.69, 9.17) is 15.8 Å². The van der Waals surface area contributed by atoms with Gasteiger partial charge in [0.1, 0.15) is 6.07 Å². The number of carbonyl (C=O) groups excluding carboxylic acids is 1. The molecular formula is C50H45BrN14O. The highest BCUT2D eigenvalue weighted by Gasteiger charge is 2.35. The molecule has 0 bridgehead atoms. The number of aromatic nitrogens is 4. The molecule has 0 saturated carbocycles. The highest BCUT2D eigenvalue weighted by Crippen LogP contribution is 2.37. The van der Waals surface area contributed by atoms with E-state index in [0.29, 0.717) is 42.7 Å². The Kier molecular flexibility index (Phi) is 13.3. The maximum atomic E-state index is 12.9. The van der Waals surface area contributed by atoms with Gasteiger partial charge in [-0.15, -0.1) is 0 Å². The Labute approximate surface area is 391 Å². The Morgan fingerprint density at radius 1 is 0.652 bits per heavy atom. The Morgan fingerprint density at radius 2 is 1.21 bits per heavy atom. The summed E-state index contributed by atoms with van der Waals surface area (Å²) in [5.74, 6) is -0.0938. The number of likely N-dealkylation sites (tertiary alicyclic amines) is 1. The van der Waals surface area contributed by atoms with Crippen molar-refractivity contribution in [1.82, 2.24) is 24.5 Å². The van der Waals surface area contributed by atoms with Crippen LogP contribution >= 0.6 is 15.9 Å². The fraction of sp³-hybridized carbons (Fsp3) is 0.280. The van der Waals surface area contributed by atoms with E-state index in [1.165, 1.54) is 16.7 Å². The molecule has 11 rings (SSSR count). The van der Waals surface area contributed by atoms with Gasteiger partial charge >= 0.3 is 0 Å². The fourth-order valence-electron chi connectivity index (χ4n) is 8.83. The Bertz CT molecular complexity index is 3060. The SMILES string of the molecule is Cn1cc(-c2cc3c(cc2C#N)N(C(=O)[C@H]2CCN(C#N)C2)CC3)cn1.Cn1cc(-c2cc3c(cc2C#N)NCC3)cn1.N#Cc1cc2c(cc1Br)CCN2.N#Cc1ccc2c(c1)NCC2. The lowest BCUT2D eigenvalue weighted by Gasteiger charge is -2.21. The maximum Gasteiger partial charge on any atom is 0.231 e. The average molecular weight is 938 g/mol. The van der Waals surface area contributed by atoms with Gasteiger partial charge in [0.15, 0.2) is 6.19 Å². The molecule has 0 spiro atoms. The molecule has 6 aromatic rings. The summed E-state index contributed by atoms with van der Waals surface area (Å²) in [5.41, 5.74) is 15.5. The van der Waals surface area contributed by atoms with E-state index in [9.17, 15) is 15.3 Å². The summed E-state index contributed by atoms with van der Waals surface area (Å²) in [6, 6.07) is 26.3. The molecule has 4 aromatic carbocycles. The summed E-state index contributed by atoms with van der Waals surface area (Å²) >= 11 is 3.36. The van der Waals surface area contributed by atoms with Gasteiger partial charge in [0, 0.05) is 115 Å². The molecule has 1 fully saturated rings. The smallest absolute Gasteiger partial charge is 0.231 e. The average Bonchev–Trinajstić information content (AvgIpc) is 4.20. The molecule has 3 N–H and O–H groups in total. The van der Waals surface area contributed by atoms with Crippen LogP contribution < -0.4 is 20.9 Å². The van der Waals surface area contributed by atoms with E-state index >= 15 is 0 Å². The molecule has 1 saturated heterocycles. The molecule has 0 unspecified atom stereocenters. The van der Waals surface area contributed by atoms with Crippen LogP contribution in [0.4, 0.5) is 22.7 Å². The van der Waals surface area contributed by atoms with Crippen LogP contribution in [-0.2, 0) is 44.6 Å². The van der Waals surface area contributed by atoms with E-state index in [1.807, 2.05) is 75.0 Å². The topological polar surface area (TPSA) is 214 Å². The maximum absolute atomic E-state index is 12.9. The zero-order valence-electron chi connectivity index (χ0n) is 36.6. The minimum Gasteiger partial charge on any atom is -0.384 e. The third-order valence-corrected chi connectivity index (χ3v) is 12.9. The predicted molar refractivity (Wildman–Crippen MR) is 255 cm³/mol. The number of nitrogens with one attached hydrogen (secondary N) is 3. The number of hydrogen-bond acceptors (Lipinski definition) is 12. The summed E-state index contributed by atoms with van der Waals surface area (Å²) in [6.45, 7) is 4.69. The molecule has 2 aromatic heterocycles. The molecule has 0 aliphatic carbocycles. The molecule has 1 amide bonds. The van der Waals surface area contributed by atoms with Crippen LogP contribution in [0.2, 0.25) is 0 Å². The normalized spacial score (nSPS) is 15.3. The zero-order chi connectivity index (χ0) is 46.3. The van der Waals surface area contributed by atoms with E-state index in [2.05, 4.69) is 78.6 Å². The van der Waals surface area contributed by atoms with Crippen LogP contribution in [0.5, 0.6) is 0 Å². The van der Waals surface area contributed by atoms with Crippen LogP contribution in [0, 0.1) is 62.7 Å². The quantitative estimate of drug-likeness (QED) is 0.148. The summed E-state index contributed by atoms with van der Waals surface area (Å²) in [7, 11) is 3.72. The van der Waals surface area contributed by atoms with E-state index in [0.717, 1.165) is 106 Å². The molecule has 1 atom stereocenters. The van der Waals surface area contributed by atoms with Crippen molar-refractivity contribution >= 4 is 44.6 Å². The first-order valence-corrected chi connectivity index (χ1v) is 22.4. The summed E-state index contributed by atoms with van der Waals surface area (Å²) in [6.07, 6.45) is 14.1. The number of nitrogens with zero attached hydrogens (tertiary/aromatic N) is 11. The largest absolute Gasteiger partial charge is 0.384 e. The molecular weight excluding hydrogens is 893 g/mol. The highest BCUT2D eigenvalue weighted by atomic mass is 79.9. The number of amides is 1. The minimum absolute atomic E-state index is 0.0551. The number of benzene rings is 4. The first-order valence-electron chi connectivity index (χ1n) is 21.6. The molecule has 5 aliphatic heterocycles. The van der Waals surface area contributed by atoms with Gasteiger partial charge < -0.3 is 25.8 Å². The fourth-order valence-corrected chi connectivity index (χ4v) is 9.31. The first kappa shape index (κ1) is 44.5. The third kappa shape index (κ3) is 9.54. The van der Waals surface area contributed by atoms with E-state index in [-0.39, 0.29) is 11.8 Å². The van der Waals surface area contributed by atoms with Gasteiger partial charge in [-0.3, -0.25) is 14.2 Å². The van der Waals surface area contributed by atoms with Crippen molar-refractivity contribution in [2.75, 3.05) is 60.1 Å². The van der Waals surface area contributed by atoms with E-state index in [1.54, 1.807) is 31.6 Å². The Morgan fingerprint density at radius 3 is 1.77 bits per heavy atom. The molecule has 16 heteroatoms. The number of anilines is 4.